The number of benzene rings is 2. The number of nitrogens with zero attached hydrogens (tertiary/aromatic N) is 3. The summed E-state index contributed by atoms with van der Waals surface area (Å²) < 4.78 is 49.7. The van der Waals surface area contributed by atoms with Crippen LogP contribution in [-0.4, -0.2) is 41.6 Å². The van der Waals surface area contributed by atoms with E-state index in [9.17, 15) is 27.7 Å². The van der Waals surface area contributed by atoms with Gasteiger partial charge in [0.15, 0.2) is 5.69 Å². The van der Waals surface area contributed by atoms with Crippen molar-refractivity contribution in [2.45, 2.75) is 52.0 Å². The number of non-ortho nitro benzene ring substituents is 1. The van der Waals surface area contributed by atoms with Crippen molar-refractivity contribution >= 4 is 21.6 Å². The fourth-order valence-electron chi connectivity index (χ4n) is 3.37. The maximum atomic E-state index is 13.6. The van der Waals surface area contributed by atoms with Crippen molar-refractivity contribution in [3.8, 4) is 17.3 Å². The van der Waals surface area contributed by atoms with Gasteiger partial charge in [0, 0.05) is 30.3 Å². The molecule has 0 radical (unpaired) electrons. The first-order chi connectivity index (χ1) is 17.8. The van der Waals surface area contributed by atoms with Crippen LogP contribution in [0.3, 0.4) is 0 Å². The van der Waals surface area contributed by atoms with E-state index in [1.54, 1.807) is 20.8 Å². The number of hydrogen-bond donors (Lipinski definition) is 2. The number of rotatable bonds is 11. The molecule has 0 aliphatic carbocycles. The van der Waals surface area contributed by atoms with Crippen LogP contribution in [0.25, 0.3) is 5.69 Å². The van der Waals surface area contributed by atoms with Gasteiger partial charge in [-0.1, -0.05) is 20.8 Å². The van der Waals surface area contributed by atoms with Crippen LogP contribution in [0.2, 0.25) is 0 Å². The Morgan fingerprint density at radius 3 is 2.42 bits per heavy atom. The first-order valence-corrected chi connectivity index (χ1v) is 13.4. The summed E-state index contributed by atoms with van der Waals surface area (Å²) >= 11 is 0. The lowest BCUT2D eigenvalue weighted by Gasteiger charge is -2.16. The molecule has 3 aromatic rings. The average molecular weight is 548 g/mol. The van der Waals surface area contributed by atoms with Crippen LogP contribution >= 0.6 is 0 Å². The molecule has 0 unspecified atom stereocenters. The molecule has 204 valence electrons. The summed E-state index contributed by atoms with van der Waals surface area (Å²) in [6, 6.07) is 7.98. The van der Waals surface area contributed by atoms with E-state index >= 15 is 0 Å². The lowest BCUT2D eigenvalue weighted by Crippen LogP contribution is -2.32. The highest BCUT2D eigenvalue weighted by molar-refractivity contribution is 7.89. The number of nitro benzene ring substituents is 1. The minimum atomic E-state index is -4.24. The molecule has 1 aromatic heterocycles. The van der Waals surface area contributed by atoms with E-state index in [1.165, 1.54) is 35.0 Å². The van der Waals surface area contributed by atoms with E-state index in [4.69, 9.17) is 4.74 Å². The molecule has 2 aromatic carbocycles. The van der Waals surface area contributed by atoms with Gasteiger partial charge < -0.3 is 10.1 Å². The quantitative estimate of drug-likeness (QED) is 0.266. The monoisotopic (exact) mass is 547 g/mol. The van der Waals surface area contributed by atoms with Crippen LogP contribution in [0, 0.1) is 28.8 Å². The summed E-state index contributed by atoms with van der Waals surface area (Å²) in [5, 5.41) is 18.5. The largest absolute Gasteiger partial charge is 0.437 e. The molecule has 11 nitrogen and oxygen atoms in total. The number of sulfonamides is 1. The predicted molar refractivity (Wildman–Crippen MR) is 139 cm³/mol. The highest BCUT2D eigenvalue weighted by Gasteiger charge is 2.28. The Bertz CT molecular complexity index is 1440. The van der Waals surface area contributed by atoms with Gasteiger partial charge in [0.2, 0.25) is 15.9 Å². The summed E-state index contributed by atoms with van der Waals surface area (Å²) in [7, 11) is -4.24. The number of amides is 1. The zero-order chi connectivity index (χ0) is 28.2. The average Bonchev–Trinajstić information content (AvgIpc) is 3.18. The Labute approximate surface area is 220 Å². The Kier molecular flexibility index (Phi) is 8.84. The second-order valence-corrected chi connectivity index (χ2v) is 10.9. The molecular formula is C25H30FN5O6S. The van der Waals surface area contributed by atoms with Gasteiger partial charge in [0.1, 0.15) is 16.5 Å². The zero-order valence-electron chi connectivity index (χ0n) is 21.7. The van der Waals surface area contributed by atoms with E-state index in [2.05, 4.69) is 15.1 Å². The molecule has 0 bridgehead atoms. The molecule has 0 aliphatic heterocycles. The fourth-order valence-corrected chi connectivity index (χ4v) is 4.85. The van der Waals surface area contributed by atoms with Crippen LogP contribution in [0.5, 0.6) is 11.6 Å². The van der Waals surface area contributed by atoms with Crippen LogP contribution < -0.4 is 14.8 Å². The third-order valence-electron chi connectivity index (χ3n) is 5.63. The molecule has 0 saturated carbocycles. The highest BCUT2D eigenvalue weighted by Crippen LogP contribution is 2.35. The van der Waals surface area contributed by atoms with Crippen LogP contribution in [0.15, 0.2) is 47.4 Å². The minimum absolute atomic E-state index is 0.0138. The standard InChI is InChI=1S/C25H30FN5O6S/c1-6-16(4)29-38(35,36)22-13-20(31(33)34)11-12-21(22)37-25-17(5)23(24(32)27-14-15(2)3)28-30(25)19-9-7-18(26)8-10-19/h7-13,15-16,29H,6,14H2,1-5H3,(H,27,32)/t16-/m0/s1. The fraction of sp³-hybridized carbons (Fsp3) is 0.360. The van der Waals surface area contributed by atoms with Gasteiger partial charge in [-0.3, -0.25) is 14.9 Å². The van der Waals surface area contributed by atoms with Crippen molar-refractivity contribution in [1.82, 2.24) is 19.8 Å². The number of carbonyl (C=O) groups excluding carboxylic acids is 1. The molecule has 2 N–H and O–H groups in total. The van der Waals surface area contributed by atoms with Gasteiger partial charge in [-0.2, -0.15) is 9.78 Å². The summed E-state index contributed by atoms with van der Waals surface area (Å²) in [4.78, 5) is 23.1. The van der Waals surface area contributed by atoms with Crippen molar-refractivity contribution in [2.24, 2.45) is 5.92 Å². The molecule has 0 saturated heterocycles. The SMILES string of the molecule is CC[C@H](C)NS(=O)(=O)c1cc([N+](=O)[O-])ccc1Oc1c(C)c(C(=O)NCC(C)C)nn1-c1ccc(F)cc1. The van der Waals surface area contributed by atoms with Crippen LogP contribution in [-0.2, 0) is 10.0 Å². The molecule has 1 heterocycles. The second kappa shape index (κ2) is 11.7. The molecule has 1 amide bonds. The zero-order valence-corrected chi connectivity index (χ0v) is 22.5. The molecule has 0 aliphatic rings. The summed E-state index contributed by atoms with van der Waals surface area (Å²) in [5.41, 5.74) is 0.206. The van der Waals surface area contributed by atoms with Crippen molar-refractivity contribution in [1.29, 1.82) is 0 Å². The molecule has 0 fully saturated rings. The van der Waals surface area contributed by atoms with E-state index in [1.807, 2.05) is 13.8 Å². The summed E-state index contributed by atoms with van der Waals surface area (Å²) in [5.74, 6) is -1.01. The maximum absolute atomic E-state index is 13.6. The number of ether oxygens (including phenoxy) is 1. The molecular weight excluding hydrogens is 517 g/mol. The van der Waals surface area contributed by atoms with Crippen molar-refractivity contribution in [3.63, 3.8) is 0 Å². The lowest BCUT2D eigenvalue weighted by atomic mass is 10.2. The number of halogens is 1. The smallest absolute Gasteiger partial charge is 0.272 e. The molecule has 0 spiro atoms. The first kappa shape index (κ1) is 28.7. The van der Waals surface area contributed by atoms with E-state index in [0.717, 1.165) is 12.1 Å². The first-order valence-electron chi connectivity index (χ1n) is 12.0. The normalized spacial score (nSPS) is 12.4. The van der Waals surface area contributed by atoms with Gasteiger partial charge >= 0.3 is 0 Å². The summed E-state index contributed by atoms with van der Waals surface area (Å²) in [6.45, 7) is 9.28. The highest BCUT2D eigenvalue weighted by atomic mass is 32.2. The van der Waals surface area contributed by atoms with Gasteiger partial charge in [0.25, 0.3) is 11.6 Å². The Hall–Kier alpha value is -3.84. The number of hydrogen-bond acceptors (Lipinski definition) is 7. The molecule has 3 rings (SSSR count). The van der Waals surface area contributed by atoms with Crippen molar-refractivity contribution in [2.75, 3.05) is 6.54 Å². The van der Waals surface area contributed by atoms with Gasteiger partial charge in [-0.05, 0) is 56.5 Å². The second-order valence-electron chi connectivity index (χ2n) is 9.19. The van der Waals surface area contributed by atoms with Crippen molar-refractivity contribution < 1.29 is 27.3 Å². The Morgan fingerprint density at radius 1 is 1.18 bits per heavy atom. The Balaban J connectivity index is 2.18. The van der Waals surface area contributed by atoms with Gasteiger partial charge in [-0.15, -0.1) is 0 Å². The molecule has 13 heteroatoms. The van der Waals surface area contributed by atoms with E-state index < -0.39 is 43.3 Å². The molecule has 38 heavy (non-hydrogen) atoms. The number of aromatic nitrogens is 2. The maximum Gasteiger partial charge on any atom is 0.272 e. The minimum Gasteiger partial charge on any atom is -0.437 e. The van der Waals surface area contributed by atoms with E-state index in [-0.39, 0.29) is 28.8 Å². The third-order valence-corrected chi connectivity index (χ3v) is 7.24. The summed E-state index contributed by atoms with van der Waals surface area (Å²) in [6.07, 6.45) is 0.482. The lowest BCUT2D eigenvalue weighted by molar-refractivity contribution is -0.385. The van der Waals surface area contributed by atoms with Crippen LogP contribution in [0.4, 0.5) is 10.1 Å². The number of nitro groups is 1. The van der Waals surface area contributed by atoms with Crippen molar-refractivity contribution in [3.05, 3.63) is 69.7 Å². The topological polar surface area (TPSA) is 145 Å². The molecule has 1 atom stereocenters. The number of nitrogens with one attached hydrogen (secondary N) is 2. The van der Waals surface area contributed by atoms with Gasteiger partial charge in [0.05, 0.1) is 10.6 Å². The van der Waals surface area contributed by atoms with Crippen LogP contribution in [0.1, 0.15) is 50.2 Å². The third kappa shape index (κ3) is 6.53. The van der Waals surface area contributed by atoms with E-state index in [0.29, 0.717) is 18.7 Å². The predicted octanol–water partition coefficient (Wildman–Crippen LogP) is 4.48. The van der Waals surface area contributed by atoms with Gasteiger partial charge in [-0.25, -0.2) is 17.5 Å². The Morgan fingerprint density at radius 2 is 1.84 bits per heavy atom. The number of carbonyl (C=O) groups is 1.